The molecular formula is C30H32N2W. The van der Waals surface area contributed by atoms with Gasteiger partial charge in [0.05, 0.1) is 22.4 Å². The molecule has 0 aliphatic heterocycles. The van der Waals surface area contributed by atoms with Crippen molar-refractivity contribution < 1.29 is 21.1 Å². The fourth-order valence-electron chi connectivity index (χ4n) is 3.54. The molecule has 0 saturated carbocycles. The van der Waals surface area contributed by atoms with E-state index in [4.69, 9.17) is 9.97 Å². The van der Waals surface area contributed by atoms with Crippen LogP contribution >= 0.6 is 0 Å². The maximum Gasteiger partial charge on any atom is 2.00 e. The SMILES string of the molecule is CC.Cc1ccc(-c2ccc3ccc4ccc(-c5ccc(C)cc5)nc4c3n2)cc1.[CH3-].[CH3-].[W+2]. The first-order valence-electron chi connectivity index (χ1n) is 10.5. The Morgan fingerprint density at radius 3 is 1.09 bits per heavy atom. The van der Waals surface area contributed by atoms with Gasteiger partial charge in [-0.2, -0.15) is 0 Å². The molecule has 0 aliphatic carbocycles. The summed E-state index contributed by atoms with van der Waals surface area (Å²) in [5.41, 5.74) is 8.59. The molecule has 0 atom stereocenters. The Morgan fingerprint density at radius 1 is 0.455 bits per heavy atom. The molecule has 0 spiro atoms. The molecule has 2 heterocycles. The third kappa shape index (κ3) is 5.95. The minimum atomic E-state index is 0. The molecular weight excluding hydrogens is 572 g/mol. The van der Waals surface area contributed by atoms with Gasteiger partial charge in [-0.05, 0) is 26.0 Å². The van der Waals surface area contributed by atoms with Crippen LogP contribution in [0, 0.1) is 28.7 Å². The molecule has 168 valence electrons. The summed E-state index contributed by atoms with van der Waals surface area (Å²) in [5, 5.41) is 2.22. The molecule has 2 aromatic heterocycles. The molecule has 3 aromatic carbocycles. The molecule has 0 bridgehead atoms. The van der Waals surface area contributed by atoms with Crippen LogP contribution in [0.1, 0.15) is 25.0 Å². The van der Waals surface area contributed by atoms with E-state index in [9.17, 15) is 0 Å². The van der Waals surface area contributed by atoms with Gasteiger partial charge in [0.1, 0.15) is 0 Å². The molecule has 0 radical (unpaired) electrons. The first-order valence-corrected chi connectivity index (χ1v) is 10.5. The normalized spacial score (nSPS) is 9.70. The monoisotopic (exact) mass is 604 g/mol. The topological polar surface area (TPSA) is 25.8 Å². The molecule has 0 amide bonds. The van der Waals surface area contributed by atoms with Crippen molar-refractivity contribution in [1.29, 1.82) is 0 Å². The average Bonchev–Trinajstić information content (AvgIpc) is 2.80. The number of aryl methyl sites for hydroxylation is 2. The zero-order valence-electron chi connectivity index (χ0n) is 20.4. The Labute approximate surface area is 213 Å². The largest absolute Gasteiger partial charge is 2.00 e. The molecule has 33 heavy (non-hydrogen) atoms. The van der Waals surface area contributed by atoms with Gasteiger partial charge in [-0.1, -0.05) is 97.8 Å². The second-order valence-corrected chi connectivity index (χ2v) is 7.33. The van der Waals surface area contributed by atoms with E-state index in [1.807, 2.05) is 13.8 Å². The molecule has 3 heteroatoms. The van der Waals surface area contributed by atoms with E-state index in [1.54, 1.807) is 0 Å². The van der Waals surface area contributed by atoms with E-state index in [0.717, 1.165) is 44.3 Å². The van der Waals surface area contributed by atoms with E-state index in [2.05, 4.69) is 98.8 Å². The van der Waals surface area contributed by atoms with Crippen LogP contribution in [0.4, 0.5) is 0 Å². The summed E-state index contributed by atoms with van der Waals surface area (Å²) in [7, 11) is 0. The van der Waals surface area contributed by atoms with Crippen LogP contribution in [-0.2, 0) is 21.1 Å². The van der Waals surface area contributed by atoms with Crippen LogP contribution < -0.4 is 0 Å². The van der Waals surface area contributed by atoms with Gasteiger partial charge in [-0.3, -0.25) is 0 Å². The number of benzene rings is 3. The van der Waals surface area contributed by atoms with Gasteiger partial charge in [-0.15, -0.1) is 0 Å². The van der Waals surface area contributed by atoms with Crippen molar-refractivity contribution in [1.82, 2.24) is 9.97 Å². The number of fused-ring (bicyclic) bond motifs is 3. The number of aromatic nitrogens is 2. The summed E-state index contributed by atoms with van der Waals surface area (Å²) in [6.45, 7) is 8.20. The van der Waals surface area contributed by atoms with Crippen molar-refractivity contribution in [3.8, 4) is 22.5 Å². The Bertz CT molecular complexity index is 1200. The summed E-state index contributed by atoms with van der Waals surface area (Å²) in [6.07, 6.45) is 0. The Hall–Kier alpha value is -2.83. The summed E-state index contributed by atoms with van der Waals surface area (Å²) < 4.78 is 0. The van der Waals surface area contributed by atoms with Crippen LogP contribution in [0.5, 0.6) is 0 Å². The van der Waals surface area contributed by atoms with Crippen LogP contribution in [0.2, 0.25) is 0 Å². The van der Waals surface area contributed by atoms with Gasteiger partial charge < -0.3 is 14.9 Å². The van der Waals surface area contributed by atoms with E-state index in [1.165, 1.54) is 11.1 Å². The first kappa shape index (κ1) is 28.2. The third-order valence-electron chi connectivity index (χ3n) is 5.21. The van der Waals surface area contributed by atoms with Crippen LogP contribution in [0.15, 0.2) is 84.9 Å². The quantitative estimate of drug-likeness (QED) is 0.149. The van der Waals surface area contributed by atoms with Crippen molar-refractivity contribution in [2.75, 3.05) is 0 Å². The maximum absolute atomic E-state index is 4.99. The van der Waals surface area contributed by atoms with Crippen molar-refractivity contribution in [3.63, 3.8) is 0 Å². The Kier molecular flexibility index (Phi) is 10.6. The number of rotatable bonds is 2. The predicted molar refractivity (Wildman–Crippen MR) is 142 cm³/mol. The minimum Gasteiger partial charge on any atom is -0.358 e. The maximum atomic E-state index is 4.99. The van der Waals surface area contributed by atoms with Gasteiger partial charge in [0.2, 0.25) is 0 Å². The van der Waals surface area contributed by atoms with Gasteiger partial charge in [0, 0.05) is 21.9 Å². The van der Waals surface area contributed by atoms with Gasteiger partial charge in [-0.25, -0.2) is 9.97 Å². The number of pyridine rings is 2. The fraction of sp³-hybridized carbons (Fsp3) is 0.133. The van der Waals surface area contributed by atoms with E-state index >= 15 is 0 Å². The smallest absolute Gasteiger partial charge is 0.358 e. The van der Waals surface area contributed by atoms with Crippen LogP contribution in [0.3, 0.4) is 0 Å². The Morgan fingerprint density at radius 2 is 0.758 bits per heavy atom. The zero-order chi connectivity index (χ0) is 21.1. The van der Waals surface area contributed by atoms with Crippen molar-refractivity contribution in [3.05, 3.63) is 111 Å². The molecule has 0 unspecified atom stereocenters. The zero-order valence-corrected chi connectivity index (χ0v) is 23.3. The molecule has 0 saturated heterocycles. The predicted octanol–water partition coefficient (Wildman–Crippen LogP) is 8.66. The van der Waals surface area contributed by atoms with Gasteiger partial charge in [0.15, 0.2) is 0 Å². The molecule has 0 N–H and O–H groups in total. The van der Waals surface area contributed by atoms with Crippen LogP contribution in [-0.4, -0.2) is 9.97 Å². The molecule has 0 aliphatic rings. The van der Waals surface area contributed by atoms with Crippen molar-refractivity contribution in [2.45, 2.75) is 27.7 Å². The van der Waals surface area contributed by atoms with Gasteiger partial charge >= 0.3 is 21.1 Å². The minimum absolute atomic E-state index is 0. The van der Waals surface area contributed by atoms with Crippen molar-refractivity contribution in [2.24, 2.45) is 0 Å². The van der Waals surface area contributed by atoms with Crippen LogP contribution in [0.25, 0.3) is 44.3 Å². The van der Waals surface area contributed by atoms with E-state index in [0.29, 0.717) is 0 Å². The fourth-order valence-corrected chi connectivity index (χ4v) is 3.54. The number of hydrogen-bond donors (Lipinski definition) is 0. The Balaban J connectivity index is 0.00000106. The first-order chi connectivity index (χ1) is 14.7. The summed E-state index contributed by atoms with van der Waals surface area (Å²) in [4.78, 5) is 9.98. The van der Waals surface area contributed by atoms with E-state index in [-0.39, 0.29) is 35.9 Å². The molecule has 5 aromatic rings. The van der Waals surface area contributed by atoms with Gasteiger partial charge in [0.25, 0.3) is 0 Å². The summed E-state index contributed by atoms with van der Waals surface area (Å²) in [6, 6.07) is 29.7. The summed E-state index contributed by atoms with van der Waals surface area (Å²) >= 11 is 0. The number of hydrogen-bond acceptors (Lipinski definition) is 2. The standard InChI is InChI=1S/C26H20N2.C2H6.2CH3.W/c1-17-3-7-19(8-4-17)23-15-13-21-11-12-22-14-16-24(28-26(22)25(21)27-23)20-9-5-18(2)6-10-20;1-2;;;/h3-16H,1-2H3;1-2H3;2*1H3;/q;;2*-1;+2. The van der Waals surface area contributed by atoms with Crippen molar-refractivity contribution >= 4 is 21.8 Å². The third-order valence-corrected chi connectivity index (χ3v) is 5.21. The number of nitrogens with zero attached hydrogens (tertiary/aromatic N) is 2. The van der Waals surface area contributed by atoms with E-state index < -0.39 is 0 Å². The molecule has 2 nitrogen and oxygen atoms in total. The second kappa shape index (κ2) is 12.4. The molecule has 0 fully saturated rings. The molecule has 5 rings (SSSR count). The average molecular weight is 604 g/mol. The second-order valence-electron chi connectivity index (χ2n) is 7.33. The summed E-state index contributed by atoms with van der Waals surface area (Å²) in [5.74, 6) is 0.